The van der Waals surface area contributed by atoms with Crippen LogP contribution in [0.15, 0.2) is 24.3 Å². The van der Waals surface area contributed by atoms with E-state index >= 15 is 0 Å². The summed E-state index contributed by atoms with van der Waals surface area (Å²) in [5, 5.41) is 5.31. The molecule has 3 amide bonds. The first-order valence-electron chi connectivity index (χ1n) is 6.58. The van der Waals surface area contributed by atoms with Crippen LogP contribution in [0.1, 0.15) is 31.9 Å². The van der Waals surface area contributed by atoms with Crippen LogP contribution in [0, 0.1) is 0 Å². The Labute approximate surface area is 118 Å². The molecule has 0 fully saturated rings. The van der Waals surface area contributed by atoms with Gasteiger partial charge in [-0.2, -0.15) is 0 Å². The highest BCUT2D eigenvalue weighted by molar-refractivity contribution is 5.94. The van der Waals surface area contributed by atoms with E-state index < -0.39 is 11.9 Å². The number of amides is 3. The van der Waals surface area contributed by atoms with Crippen molar-refractivity contribution in [2.75, 3.05) is 13.2 Å². The summed E-state index contributed by atoms with van der Waals surface area (Å²) in [5.41, 5.74) is 5.97. The number of rotatable bonds is 7. The second kappa shape index (κ2) is 8.16. The van der Waals surface area contributed by atoms with E-state index in [2.05, 4.69) is 19.2 Å². The van der Waals surface area contributed by atoms with Crippen molar-refractivity contribution >= 4 is 11.9 Å². The lowest BCUT2D eigenvalue weighted by atomic mass is 10.1. The molecule has 0 aliphatic carbocycles. The number of hydrogen-bond donors (Lipinski definition) is 3. The Bertz CT molecular complexity index is 445. The third-order valence-corrected chi connectivity index (χ3v) is 2.71. The number of carbonyl (C=O) groups excluding carboxylic acids is 2. The molecule has 0 aliphatic heterocycles. The summed E-state index contributed by atoms with van der Waals surface area (Å²) in [6.07, 6.45) is 1.08. The zero-order valence-electron chi connectivity index (χ0n) is 11.8. The van der Waals surface area contributed by atoms with Crippen LogP contribution in [0.5, 0.6) is 5.75 Å². The highest BCUT2D eigenvalue weighted by Gasteiger charge is 2.06. The number of nitrogens with one attached hydrogen (secondary N) is 2. The number of urea groups is 1. The van der Waals surface area contributed by atoms with Crippen LogP contribution in [-0.4, -0.2) is 25.1 Å². The fourth-order valence-electron chi connectivity index (χ4n) is 1.65. The van der Waals surface area contributed by atoms with Gasteiger partial charge >= 0.3 is 6.03 Å². The summed E-state index contributed by atoms with van der Waals surface area (Å²) in [6.45, 7) is 4.93. The monoisotopic (exact) mass is 279 g/mol. The van der Waals surface area contributed by atoms with E-state index in [9.17, 15) is 9.59 Å². The molecule has 1 unspecified atom stereocenters. The van der Waals surface area contributed by atoms with Crippen molar-refractivity contribution in [2.45, 2.75) is 26.3 Å². The number of nitrogens with two attached hydrogens (primary N) is 1. The number of primary amides is 1. The Kier molecular flexibility index (Phi) is 6.52. The van der Waals surface area contributed by atoms with E-state index in [4.69, 9.17) is 10.5 Å². The van der Waals surface area contributed by atoms with Crippen LogP contribution in [-0.2, 0) is 4.79 Å². The minimum Gasteiger partial charge on any atom is -0.484 e. The molecule has 6 nitrogen and oxygen atoms in total. The summed E-state index contributed by atoms with van der Waals surface area (Å²) >= 11 is 0. The van der Waals surface area contributed by atoms with Crippen LogP contribution >= 0.6 is 0 Å². The van der Waals surface area contributed by atoms with E-state index in [1.165, 1.54) is 0 Å². The van der Waals surface area contributed by atoms with Gasteiger partial charge in [0.05, 0.1) is 0 Å². The number of imide groups is 1. The van der Waals surface area contributed by atoms with Gasteiger partial charge in [-0.1, -0.05) is 19.1 Å². The summed E-state index contributed by atoms with van der Waals surface area (Å²) in [7, 11) is 0. The van der Waals surface area contributed by atoms with Crippen molar-refractivity contribution in [3.05, 3.63) is 29.8 Å². The number of carbonyl (C=O) groups is 2. The molecule has 0 saturated heterocycles. The van der Waals surface area contributed by atoms with E-state index in [0.717, 1.165) is 18.5 Å². The number of hydrogen-bond acceptors (Lipinski definition) is 4. The highest BCUT2D eigenvalue weighted by Crippen LogP contribution is 2.17. The van der Waals surface area contributed by atoms with Crippen LogP contribution in [0.2, 0.25) is 0 Å². The van der Waals surface area contributed by atoms with Gasteiger partial charge in [-0.05, 0) is 37.6 Å². The Morgan fingerprint density at radius 2 is 1.95 bits per heavy atom. The molecule has 6 heteroatoms. The second-order valence-electron chi connectivity index (χ2n) is 4.45. The number of benzene rings is 1. The molecular weight excluding hydrogens is 258 g/mol. The van der Waals surface area contributed by atoms with Crippen molar-refractivity contribution in [1.82, 2.24) is 10.6 Å². The molecule has 1 aromatic carbocycles. The topological polar surface area (TPSA) is 93.4 Å². The van der Waals surface area contributed by atoms with Gasteiger partial charge in [0.2, 0.25) is 0 Å². The Balaban J connectivity index is 2.46. The Morgan fingerprint density at radius 1 is 1.30 bits per heavy atom. The lowest BCUT2D eigenvalue weighted by molar-refractivity contribution is -0.121. The zero-order chi connectivity index (χ0) is 15.0. The summed E-state index contributed by atoms with van der Waals surface area (Å²) in [4.78, 5) is 21.6. The molecule has 0 saturated carbocycles. The zero-order valence-corrected chi connectivity index (χ0v) is 11.8. The average molecular weight is 279 g/mol. The van der Waals surface area contributed by atoms with E-state index in [0.29, 0.717) is 5.75 Å². The third kappa shape index (κ3) is 5.71. The maximum absolute atomic E-state index is 11.2. The second-order valence-corrected chi connectivity index (χ2v) is 4.45. The minimum atomic E-state index is -0.884. The first-order valence-corrected chi connectivity index (χ1v) is 6.58. The molecule has 1 rings (SSSR count). The van der Waals surface area contributed by atoms with Crippen LogP contribution in [0.25, 0.3) is 0 Å². The molecule has 0 aromatic heterocycles. The van der Waals surface area contributed by atoms with Gasteiger partial charge < -0.3 is 15.8 Å². The summed E-state index contributed by atoms with van der Waals surface area (Å²) in [6, 6.07) is 6.84. The van der Waals surface area contributed by atoms with Crippen molar-refractivity contribution in [3.8, 4) is 5.75 Å². The van der Waals surface area contributed by atoms with Gasteiger partial charge in [0.25, 0.3) is 5.91 Å². The third-order valence-electron chi connectivity index (χ3n) is 2.71. The average Bonchev–Trinajstić information content (AvgIpc) is 2.42. The van der Waals surface area contributed by atoms with Crippen LogP contribution in [0.4, 0.5) is 4.79 Å². The van der Waals surface area contributed by atoms with Crippen molar-refractivity contribution in [2.24, 2.45) is 5.73 Å². The lowest BCUT2D eigenvalue weighted by Crippen LogP contribution is -2.38. The predicted molar refractivity (Wildman–Crippen MR) is 76.4 cm³/mol. The molecule has 0 radical (unpaired) electrons. The van der Waals surface area contributed by atoms with Gasteiger partial charge in [0.1, 0.15) is 5.75 Å². The van der Waals surface area contributed by atoms with E-state index in [-0.39, 0.29) is 12.6 Å². The Hall–Kier alpha value is -2.08. The van der Waals surface area contributed by atoms with Crippen LogP contribution < -0.4 is 21.1 Å². The quantitative estimate of drug-likeness (QED) is 0.701. The molecule has 0 heterocycles. The SMILES string of the molecule is CCCNC(C)c1ccc(OCC(=O)NC(N)=O)cc1. The van der Waals surface area contributed by atoms with E-state index in [1.807, 2.05) is 17.4 Å². The van der Waals surface area contributed by atoms with Gasteiger partial charge in [-0.25, -0.2) is 4.79 Å². The molecule has 20 heavy (non-hydrogen) atoms. The van der Waals surface area contributed by atoms with Gasteiger partial charge in [-0.3, -0.25) is 10.1 Å². The Morgan fingerprint density at radius 3 is 2.50 bits per heavy atom. The largest absolute Gasteiger partial charge is 0.484 e. The normalized spacial score (nSPS) is 11.7. The molecule has 1 aromatic rings. The predicted octanol–water partition coefficient (Wildman–Crippen LogP) is 1.32. The first-order chi connectivity index (χ1) is 9.52. The molecule has 1 atom stereocenters. The minimum absolute atomic E-state index is 0.244. The van der Waals surface area contributed by atoms with Gasteiger partial charge in [-0.15, -0.1) is 0 Å². The molecule has 4 N–H and O–H groups in total. The standard InChI is InChI=1S/C14H21N3O3/c1-3-8-16-10(2)11-4-6-12(7-5-11)20-9-13(18)17-14(15)19/h4-7,10,16H,3,8-9H2,1-2H3,(H3,15,17,18,19). The maximum Gasteiger partial charge on any atom is 0.318 e. The van der Waals surface area contributed by atoms with Gasteiger partial charge in [0, 0.05) is 6.04 Å². The molecule has 110 valence electrons. The fraction of sp³-hybridized carbons (Fsp3) is 0.429. The van der Waals surface area contributed by atoms with E-state index in [1.54, 1.807) is 12.1 Å². The lowest BCUT2D eigenvalue weighted by Gasteiger charge is -2.14. The first kappa shape index (κ1) is 16.0. The van der Waals surface area contributed by atoms with Crippen molar-refractivity contribution < 1.29 is 14.3 Å². The highest BCUT2D eigenvalue weighted by atomic mass is 16.5. The van der Waals surface area contributed by atoms with Crippen molar-refractivity contribution in [3.63, 3.8) is 0 Å². The molecule has 0 spiro atoms. The maximum atomic E-state index is 11.2. The summed E-state index contributed by atoms with van der Waals surface area (Å²) < 4.78 is 5.24. The van der Waals surface area contributed by atoms with Crippen molar-refractivity contribution in [1.29, 1.82) is 0 Å². The number of ether oxygens (including phenoxy) is 1. The van der Waals surface area contributed by atoms with Gasteiger partial charge in [0.15, 0.2) is 6.61 Å². The molecular formula is C14H21N3O3. The fourth-order valence-corrected chi connectivity index (χ4v) is 1.65. The summed E-state index contributed by atoms with van der Waals surface area (Å²) in [5.74, 6) is -0.00406. The van der Waals surface area contributed by atoms with Crippen LogP contribution in [0.3, 0.4) is 0 Å². The molecule has 0 bridgehead atoms. The molecule has 0 aliphatic rings. The smallest absolute Gasteiger partial charge is 0.318 e.